The third-order valence-electron chi connectivity index (χ3n) is 11.5. The van der Waals surface area contributed by atoms with Gasteiger partial charge in [0.2, 0.25) is 11.8 Å². The van der Waals surface area contributed by atoms with Crippen LogP contribution in [0.2, 0.25) is 10.0 Å². The number of nitrogens with one attached hydrogen (secondary N) is 1. The van der Waals surface area contributed by atoms with Crippen molar-refractivity contribution in [2.45, 2.75) is 30.7 Å². The highest BCUT2D eigenvalue weighted by Gasteiger charge is 2.70. The normalized spacial score (nSPS) is 25.9. The van der Waals surface area contributed by atoms with Gasteiger partial charge in [-0.2, -0.15) is 5.01 Å². The molecule has 4 aromatic rings. The molecular formula is C41H34BrCl2N3O7. The molecule has 0 bridgehead atoms. The molecule has 2 heterocycles. The first-order valence-corrected chi connectivity index (χ1v) is 18.9. The van der Waals surface area contributed by atoms with E-state index < -0.39 is 46.8 Å². The maximum atomic E-state index is 15.5. The van der Waals surface area contributed by atoms with Crippen molar-refractivity contribution in [3.8, 4) is 17.2 Å². The van der Waals surface area contributed by atoms with E-state index in [9.17, 15) is 19.5 Å². The van der Waals surface area contributed by atoms with E-state index in [0.717, 1.165) is 10.6 Å². The molecule has 2 saturated heterocycles. The van der Waals surface area contributed by atoms with Crippen LogP contribution in [0, 0.1) is 23.7 Å². The average Bonchev–Trinajstić information content (AvgIpc) is 3.54. The quantitative estimate of drug-likeness (QED) is 0.137. The molecule has 3 fully saturated rings. The van der Waals surface area contributed by atoms with Crippen LogP contribution in [-0.2, 0) is 31.1 Å². The van der Waals surface area contributed by atoms with Crippen LogP contribution in [0.3, 0.4) is 0 Å². The number of likely N-dealkylation sites (tertiary alicyclic amines) is 1. The van der Waals surface area contributed by atoms with E-state index in [1.807, 2.05) is 36.4 Å². The van der Waals surface area contributed by atoms with Gasteiger partial charge in [0, 0.05) is 21.0 Å². The van der Waals surface area contributed by atoms with Crippen molar-refractivity contribution in [2.24, 2.45) is 23.7 Å². The van der Waals surface area contributed by atoms with Crippen molar-refractivity contribution in [1.82, 2.24) is 9.91 Å². The van der Waals surface area contributed by atoms with Crippen molar-refractivity contribution >= 4 is 68.4 Å². The molecule has 4 aromatic carbocycles. The van der Waals surface area contributed by atoms with Gasteiger partial charge < -0.3 is 14.6 Å². The van der Waals surface area contributed by atoms with Crippen molar-refractivity contribution in [3.63, 3.8) is 0 Å². The molecule has 276 valence electrons. The number of methoxy groups -OCH3 is 2. The van der Waals surface area contributed by atoms with Crippen molar-refractivity contribution in [2.75, 3.05) is 19.6 Å². The second kappa shape index (κ2) is 13.8. The van der Waals surface area contributed by atoms with Crippen LogP contribution in [0.25, 0.3) is 0 Å². The molecule has 0 radical (unpaired) electrons. The molecule has 4 aliphatic rings. The minimum absolute atomic E-state index is 0.0801. The molecule has 2 aliphatic heterocycles. The Kier molecular flexibility index (Phi) is 9.23. The van der Waals surface area contributed by atoms with Gasteiger partial charge in [-0.1, -0.05) is 93.2 Å². The highest BCUT2D eigenvalue weighted by molar-refractivity contribution is 9.10. The summed E-state index contributed by atoms with van der Waals surface area (Å²) in [6.45, 7) is 0.122. The van der Waals surface area contributed by atoms with E-state index in [1.165, 1.54) is 25.2 Å². The zero-order chi connectivity index (χ0) is 38.1. The number of phenolic OH excluding ortho intramolecular Hbond substituents is 1. The van der Waals surface area contributed by atoms with Crippen molar-refractivity contribution in [1.29, 1.82) is 0 Å². The lowest BCUT2D eigenvalue weighted by atomic mass is 9.49. The van der Waals surface area contributed by atoms with E-state index in [1.54, 1.807) is 48.5 Å². The first-order chi connectivity index (χ1) is 26.0. The molecule has 10 nitrogen and oxygen atoms in total. The van der Waals surface area contributed by atoms with Crippen molar-refractivity contribution < 1.29 is 33.8 Å². The molecule has 2 N–H and O–H groups in total. The number of hydrogen-bond acceptors (Lipinski definition) is 8. The van der Waals surface area contributed by atoms with Gasteiger partial charge in [-0.25, -0.2) is 0 Å². The monoisotopic (exact) mass is 829 g/mol. The number of aromatic hydroxyl groups is 1. The molecule has 0 aromatic heterocycles. The van der Waals surface area contributed by atoms with E-state index in [4.69, 9.17) is 32.7 Å². The largest absolute Gasteiger partial charge is 0.504 e. The highest BCUT2D eigenvalue weighted by atomic mass is 79.9. The van der Waals surface area contributed by atoms with E-state index in [2.05, 4.69) is 21.4 Å². The van der Waals surface area contributed by atoms with Crippen LogP contribution in [0.1, 0.15) is 35.4 Å². The number of amides is 4. The van der Waals surface area contributed by atoms with E-state index >= 15 is 4.79 Å². The van der Waals surface area contributed by atoms with Gasteiger partial charge >= 0.3 is 0 Å². The topological polar surface area (TPSA) is 125 Å². The standard InChI is InChI=1S/C41H34BrCl2N3O7/c1-53-25-11-8-22(9-12-25)41-30(38(50)47(40(41)52)45-32-15-10-24(43)18-31(32)44)19-28-26(35(41)29-16-23(42)17-33(54-2)36(29)48)13-14-27-34(28)39(51)46(37(27)49)20-21-6-4-3-5-7-21/h3-13,15-18,27-28,30,34-35,45,48H,14,19-20H2,1-2H3. The molecule has 1 saturated carbocycles. The van der Waals surface area contributed by atoms with Gasteiger partial charge in [0.1, 0.15) is 5.75 Å². The van der Waals surface area contributed by atoms with Crippen LogP contribution >= 0.6 is 39.1 Å². The molecule has 0 spiro atoms. The highest BCUT2D eigenvalue weighted by Crippen LogP contribution is 2.65. The number of ether oxygens (including phenoxy) is 2. The Morgan fingerprint density at radius 3 is 2.31 bits per heavy atom. The number of hydrazine groups is 1. The predicted octanol–water partition coefficient (Wildman–Crippen LogP) is 7.66. The number of nitrogens with zero attached hydrogens (tertiary/aromatic N) is 2. The van der Waals surface area contributed by atoms with Crippen molar-refractivity contribution in [3.05, 3.63) is 128 Å². The number of halogens is 3. The zero-order valence-electron chi connectivity index (χ0n) is 29.1. The number of fused-ring (bicyclic) bond motifs is 4. The van der Waals surface area contributed by atoms with Gasteiger partial charge in [0.05, 0.1) is 54.6 Å². The van der Waals surface area contributed by atoms with Gasteiger partial charge in [-0.3, -0.25) is 29.5 Å². The number of hydrogen-bond donors (Lipinski definition) is 2. The third kappa shape index (κ3) is 5.50. The first kappa shape index (κ1) is 36.2. The fourth-order valence-corrected chi connectivity index (χ4v) is 10.1. The maximum absolute atomic E-state index is 15.5. The third-order valence-corrected chi connectivity index (χ3v) is 12.5. The number of benzene rings is 4. The zero-order valence-corrected chi connectivity index (χ0v) is 32.2. The fraction of sp³-hybridized carbons (Fsp3) is 0.268. The first-order valence-electron chi connectivity index (χ1n) is 17.4. The summed E-state index contributed by atoms with van der Waals surface area (Å²) in [5.41, 5.74) is 3.94. The number of anilines is 1. The molecule has 54 heavy (non-hydrogen) atoms. The van der Waals surface area contributed by atoms with Crippen LogP contribution in [0.4, 0.5) is 5.69 Å². The smallest absolute Gasteiger partial charge is 0.260 e. The van der Waals surface area contributed by atoms with Crippen LogP contribution in [-0.4, -0.2) is 52.9 Å². The minimum Gasteiger partial charge on any atom is -0.504 e. The van der Waals surface area contributed by atoms with Crippen LogP contribution in [0.5, 0.6) is 17.2 Å². The number of imide groups is 2. The Morgan fingerprint density at radius 1 is 0.889 bits per heavy atom. The average molecular weight is 832 g/mol. The maximum Gasteiger partial charge on any atom is 0.260 e. The molecule has 6 unspecified atom stereocenters. The van der Waals surface area contributed by atoms with Crippen LogP contribution < -0.4 is 14.9 Å². The molecule has 8 rings (SSSR count). The second-order valence-corrected chi connectivity index (χ2v) is 15.8. The lowest BCUT2D eigenvalue weighted by Crippen LogP contribution is -2.53. The summed E-state index contributed by atoms with van der Waals surface area (Å²) in [5.74, 6) is -5.36. The number of rotatable bonds is 8. The van der Waals surface area contributed by atoms with Crippen LogP contribution in [0.15, 0.2) is 101 Å². The summed E-state index contributed by atoms with van der Waals surface area (Å²) in [5, 5.41) is 13.5. The van der Waals surface area contributed by atoms with Gasteiger partial charge in [0.15, 0.2) is 11.5 Å². The SMILES string of the molecule is COc1ccc(C23C(=O)N(Nc4ccc(Cl)cc4Cl)C(=O)C2CC2C(=CCC4C(=O)N(Cc5ccccc5)C(=O)C42)C3c2cc(Br)cc(OC)c2O)cc1. The Balaban J connectivity index is 1.34. The summed E-state index contributed by atoms with van der Waals surface area (Å²) in [4.78, 5) is 60.3. The summed E-state index contributed by atoms with van der Waals surface area (Å²) in [6, 6.07) is 24.3. The summed E-state index contributed by atoms with van der Waals surface area (Å²) in [6.07, 6.45) is 2.26. The van der Waals surface area contributed by atoms with E-state index in [0.29, 0.717) is 31.9 Å². The Morgan fingerprint density at radius 2 is 1.63 bits per heavy atom. The molecule has 6 atom stereocenters. The van der Waals surface area contributed by atoms with E-state index in [-0.39, 0.29) is 53.4 Å². The number of carbonyl (C=O) groups is 4. The fourth-order valence-electron chi connectivity index (χ4n) is 9.15. The predicted molar refractivity (Wildman–Crippen MR) is 205 cm³/mol. The van der Waals surface area contributed by atoms with Gasteiger partial charge in [0.25, 0.3) is 11.8 Å². The van der Waals surface area contributed by atoms with Gasteiger partial charge in [-0.05, 0) is 72.4 Å². The second-order valence-electron chi connectivity index (χ2n) is 14.0. The molecule has 4 amide bonds. The summed E-state index contributed by atoms with van der Waals surface area (Å²) in [7, 11) is 2.96. The molecular weight excluding hydrogens is 797 g/mol. The molecule has 2 aliphatic carbocycles. The number of phenols is 1. The number of allylic oxidation sites excluding steroid dienone is 2. The Bertz CT molecular complexity index is 2250. The van der Waals surface area contributed by atoms with Gasteiger partial charge in [-0.15, -0.1) is 0 Å². The Labute approximate surface area is 329 Å². The summed E-state index contributed by atoms with van der Waals surface area (Å²) < 4.78 is 11.6. The lowest BCUT2D eigenvalue weighted by molar-refractivity contribution is -0.142. The summed E-state index contributed by atoms with van der Waals surface area (Å²) >= 11 is 16.3. The molecule has 13 heteroatoms. The lowest BCUT2D eigenvalue weighted by Gasteiger charge is -2.50. The Hall–Kier alpha value is -4.84. The number of carbonyl (C=O) groups excluding carboxylic acids is 4. The minimum atomic E-state index is -1.65.